The summed E-state index contributed by atoms with van der Waals surface area (Å²) in [5.41, 5.74) is 0.0512. The second-order valence-corrected chi connectivity index (χ2v) is 3.86. The number of fused-ring (bicyclic) bond motifs is 1. The summed E-state index contributed by atoms with van der Waals surface area (Å²) in [6.07, 6.45) is -0.393. The average molecular weight is 264 g/mol. The maximum Gasteiger partial charge on any atom is 0.418 e. The Bertz CT molecular complexity index is 733. The van der Waals surface area contributed by atoms with Gasteiger partial charge in [0.25, 0.3) is 0 Å². The normalized spacial score (nSPS) is 11.9. The number of hydrogen-bond acceptors (Lipinski definition) is 3. The highest BCUT2D eigenvalue weighted by atomic mass is 19.4. The maximum atomic E-state index is 13.0. The number of alkyl halides is 3. The lowest BCUT2D eigenvalue weighted by Gasteiger charge is -2.13. The first-order chi connectivity index (χ1) is 9.07. The number of rotatable bonds is 1. The zero-order valence-electron chi connectivity index (χ0n) is 9.46. The first kappa shape index (κ1) is 11.6. The fraction of sp³-hybridized carbons (Fsp3) is 0.0833. The van der Waals surface area contributed by atoms with Crippen molar-refractivity contribution in [1.82, 2.24) is 19.5 Å². The van der Waals surface area contributed by atoms with Crippen LogP contribution in [0.5, 0.6) is 0 Å². The Hall–Kier alpha value is -2.44. The SMILES string of the molecule is FC(F)(F)c1ccccc1-n1cnc2cncnc21. The van der Waals surface area contributed by atoms with Gasteiger partial charge in [0.15, 0.2) is 5.65 Å². The van der Waals surface area contributed by atoms with Crippen molar-refractivity contribution in [2.75, 3.05) is 0 Å². The van der Waals surface area contributed by atoms with E-state index in [1.54, 1.807) is 0 Å². The molecule has 0 bridgehead atoms. The first-order valence-corrected chi connectivity index (χ1v) is 5.37. The Balaban J connectivity index is 2.28. The molecule has 4 nitrogen and oxygen atoms in total. The highest BCUT2D eigenvalue weighted by Gasteiger charge is 2.33. The summed E-state index contributed by atoms with van der Waals surface area (Å²) >= 11 is 0. The van der Waals surface area contributed by atoms with Crippen LogP contribution in [0.2, 0.25) is 0 Å². The number of benzene rings is 1. The summed E-state index contributed by atoms with van der Waals surface area (Å²) in [5.74, 6) is 0. The number of hydrogen-bond donors (Lipinski definition) is 0. The molecule has 3 aromatic rings. The Morgan fingerprint density at radius 3 is 2.63 bits per heavy atom. The molecule has 0 N–H and O–H groups in total. The predicted molar refractivity (Wildman–Crippen MR) is 61.7 cm³/mol. The van der Waals surface area contributed by atoms with Gasteiger partial charge in [0.05, 0.1) is 17.4 Å². The Morgan fingerprint density at radius 2 is 1.84 bits per heavy atom. The minimum atomic E-state index is -4.43. The Kier molecular flexibility index (Phi) is 2.48. The molecule has 0 aliphatic carbocycles. The summed E-state index contributed by atoms with van der Waals surface area (Å²) < 4.78 is 40.2. The van der Waals surface area contributed by atoms with Crippen molar-refractivity contribution in [3.63, 3.8) is 0 Å². The van der Waals surface area contributed by atoms with Crippen molar-refractivity contribution in [1.29, 1.82) is 0 Å². The number of nitrogens with zero attached hydrogens (tertiary/aromatic N) is 4. The maximum absolute atomic E-state index is 13.0. The monoisotopic (exact) mass is 264 g/mol. The number of imidazole rings is 1. The highest BCUT2D eigenvalue weighted by molar-refractivity contribution is 5.72. The molecule has 96 valence electrons. The molecule has 2 aromatic heterocycles. The predicted octanol–water partition coefficient (Wildman–Crippen LogP) is 2.83. The minimum Gasteiger partial charge on any atom is -0.283 e. The van der Waals surface area contributed by atoms with Gasteiger partial charge < -0.3 is 0 Å². The van der Waals surface area contributed by atoms with Crippen LogP contribution in [0.25, 0.3) is 16.9 Å². The van der Waals surface area contributed by atoms with Crippen molar-refractivity contribution in [3.05, 3.63) is 48.7 Å². The van der Waals surface area contributed by atoms with Crippen LogP contribution in [0.3, 0.4) is 0 Å². The van der Waals surface area contributed by atoms with Crippen molar-refractivity contribution in [2.45, 2.75) is 6.18 Å². The smallest absolute Gasteiger partial charge is 0.283 e. The van der Waals surface area contributed by atoms with Gasteiger partial charge in [-0.2, -0.15) is 13.2 Å². The molecule has 0 amide bonds. The molecule has 0 aliphatic heterocycles. The Morgan fingerprint density at radius 1 is 1.05 bits per heavy atom. The zero-order valence-corrected chi connectivity index (χ0v) is 9.46. The van der Waals surface area contributed by atoms with E-state index < -0.39 is 11.7 Å². The van der Waals surface area contributed by atoms with Gasteiger partial charge in [0.2, 0.25) is 0 Å². The molecular formula is C12H7F3N4. The second-order valence-electron chi connectivity index (χ2n) is 3.86. The van der Waals surface area contributed by atoms with Crippen LogP contribution in [0.4, 0.5) is 13.2 Å². The highest BCUT2D eigenvalue weighted by Crippen LogP contribution is 2.34. The van der Waals surface area contributed by atoms with Crippen LogP contribution in [-0.4, -0.2) is 19.5 Å². The van der Waals surface area contributed by atoms with Gasteiger partial charge in [0.1, 0.15) is 18.2 Å². The molecule has 1 aromatic carbocycles. The lowest BCUT2D eigenvalue weighted by atomic mass is 10.1. The van der Waals surface area contributed by atoms with Crippen molar-refractivity contribution < 1.29 is 13.2 Å². The van der Waals surface area contributed by atoms with Crippen LogP contribution >= 0.6 is 0 Å². The molecule has 0 saturated carbocycles. The van der Waals surface area contributed by atoms with Gasteiger partial charge >= 0.3 is 6.18 Å². The first-order valence-electron chi connectivity index (χ1n) is 5.37. The topological polar surface area (TPSA) is 43.6 Å². The van der Waals surface area contributed by atoms with E-state index in [0.29, 0.717) is 11.2 Å². The largest absolute Gasteiger partial charge is 0.418 e. The summed E-state index contributed by atoms with van der Waals surface area (Å²) in [6, 6.07) is 5.30. The third-order valence-electron chi connectivity index (χ3n) is 2.68. The number of halogens is 3. The summed E-state index contributed by atoms with van der Waals surface area (Å²) in [6.45, 7) is 0. The lowest BCUT2D eigenvalue weighted by molar-refractivity contribution is -0.137. The van der Waals surface area contributed by atoms with E-state index >= 15 is 0 Å². The fourth-order valence-corrected chi connectivity index (χ4v) is 1.87. The molecule has 0 aliphatic rings. The van der Waals surface area contributed by atoms with E-state index in [1.807, 2.05) is 0 Å². The van der Waals surface area contributed by atoms with Crippen molar-refractivity contribution in [2.24, 2.45) is 0 Å². The van der Waals surface area contributed by atoms with E-state index in [9.17, 15) is 13.2 Å². The molecule has 2 heterocycles. The van der Waals surface area contributed by atoms with E-state index in [1.165, 1.54) is 41.6 Å². The molecule has 0 fully saturated rings. The molecule has 0 spiro atoms. The average Bonchev–Trinajstić information content (AvgIpc) is 2.81. The van der Waals surface area contributed by atoms with E-state index in [-0.39, 0.29) is 5.69 Å². The molecule has 0 radical (unpaired) electrons. The molecule has 0 atom stereocenters. The minimum absolute atomic E-state index is 0.00352. The van der Waals surface area contributed by atoms with Crippen molar-refractivity contribution in [3.8, 4) is 5.69 Å². The molecule has 3 rings (SSSR count). The molecular weight excluding hydrogens is 257 g/mol. The van der Waals surface area contributed by atoms with Gasteiger partial charge in [-0.1, -0.05) is 12.1 Å². The zero-order chi connectivity index (χ0) is 13.5. The molecule has 19 heavy (non-hydrogen) atoms. The molecule has 0 unspecified atom stereocenters. The standard InChI is InChI=1S/C12H7F3N4/c13-12(14,15)8-3-1-2-4-10(8)19-7-18-9-5-16-6-17-11(9)19/h1-7H. The second kappa shape index (κ2) is 4.04. The van der Waals surface area contributed by atoms with Crippen LogP contribution in [0.1, 0.15) is 5.56 Å². The van der Waals surface area contributed by atoms with Crippen LogP contribution in [-0.2, 0) is 6.18 Å². The van der Waals surface area contributed by atoms with Crippen molar-refractivity contribution >= 4 is 11.2 Å². The third-order valence-corrected chi connectivity index (χ3v) is 2.68. The van der Waals surface area contributed by atoms with Gasteiger partial charge in [-0.25, -0.2) is 15.0 Å². The van der Waals surface area contributed by atoms with E-state index in [0.717, 1.165) is 6.07 Å². The Labute approximate surface area is 105 Å². The van der Waals surface area contributed by atoms with Crippen LogP contribution in [0, 0.1) is 0 Å². The van der Waals surface area contributed by atoms with Gasteiger partial charge in [-0.15, -0.1) is 0 Å². The molecule has 0 saturated heterocycles. The van der Waals surface area contributed by atoms with Gasteiger partial charge in [-0.05, 0) is 12.1 Å². The lowest BCUT2D eigenvalue weighted by Crippen LogP contribution is -2.10. The molecule has 7 heteroatoms. The van der Waals surface area contributed by atoms with E-state index in [2.05, 4.69) is 15.0 Å². The summed E-state index contributed by atoms with van der Waals surface area (Å²) in [5, 5.41) is 0. The van der Waals surface area contributed by atoms with Crippen LogP contribution in [0.15, 0.2) is 43.1 Å². The van der Waals surface area contributed by atoms with E-state index in [4.69, 9.17) is 0 Å². The fourth-order valence-electron chi connectivity index (χ4n) is 1.87. The van der Waals surface area contributed by atoms with Gasteiger partial charge in [0, 0.05) is 0 Å². The summed E-state index contributed by atoms with van der Waals surface area (Å²) in [7, 11) is 0. The number of aromatic nitrogens is 4. The quantitative estimate of drug-likeness (QED) is 0.678. The summed E-state index contributed by atoms with van der Waals surface area (Å²) in [4.78, 5) is 11.7. The van der Waals surface area contributed by atoms with Gasteiger partial charge in [-0.3, -0.25) is 4.57 Å². The third kappa shape index (κ3) is 1.92. The van der Waals surface area contributed by atoms with Crippen LogP contribution < -0.4 is 0 Å². The number of para-hydroxylation sites is 1.